The molecular weight excluding hydrogens is 278 g/mol. The Bertz CT molecular complexity index is 516. The summed E-state index contributed by atoms with van der Waals surface area (Å²) in [4.78, 5) is 24.0. The van der Waals surface area contributed by atoms with Gasteiger partial charge in [-0.1, -0.05) is 38.8 Å². The van der Waals surface area contributed by atoms with Crippen LogP contribution in [0, 0.1) is 5.92 Å². The summed E-state index contributed by atoms with van der Waals surface area (Å²) in [6.45, 7) is 5.86. The Labute approximate surface area is 132 Å². The van der Waals surface area contributed by atoms with Gasteiger partial charge in [-0.05, 0) is 43.4 Å². The number of hydrogen-bond acceptors (Lipinski definition) is 3. The Morgan fingerprint density at radius 2 is 1.68 bits per heavy atom. The average Bonchev–Trinajstić information content (AvgIpc) is 3.02. The van der Waals surface area contributed by atoms with Gasteiger partial charge in [-0.15, -0.1) is 0 Å². The molecule has 1 aromatic rings. The molecule has 1 amide bonds. The molecule has 0 saturated heterocycles. The number of esters is 1. The third-order valence-corrected chi connectivity index (χ3v) is 4.20. The number of carbonyl (C=O) groups excluding carboxylic acids is 2. The molecule has 1 aliphatic carbocycles. The van der Waals surface area contributed by atoms with Crippen LogP contribution < -0.4 is 5.32 Å². The van der Waals surface area contributed by atoms with E-state index in [0.717, 1.165) is 31.4 Å². The molecule has 0 radical (unpaired) electrons. The standard InChI is InChI=1S/C18H25NO3/c1-12(2)14-8-10-16(11-9-14)19-17(20)13(3)22-18(21)15-6-4-5-7-15/h8-13,15H,4-7H2,1-3H3,(H,19,20)/t13-/m0/s1. The summed E-state index contributed by atoms with van der Waals surface area (Å²) in [6, 6.07) is 7.74. The zero-order chi connectivity index (χ0) is 16.1. The predicted molar refractivity (Wildman–Crippen MR) is 86.7 cm³/mol. The Kier molecular flexibility index (Phi) is 5.58. The van der Waals surface area contributed by atoms with E-state index >= 15 is 0 Å². The third-order valence-electron chi connectivity index (χ3n) is 4.20. The van der Waals surface area contributed by atoms with Gasteiger partial charge >= 0.3 is 5.97 Å². The van der Waals surface area contributed by atoms with Crippen molar-refractivity contribution < 1.29 is 14.3 Å². The second-order valence-electron chi connectivity index (χ2n) is 6.33. The second kappa shape index (κ2) is 7.43. The molecule has 0 heterocycles. The summed E-state index contributed by atoms with van der Waals surface area (Å²) in [5, 5.41) is 2.79. The summed E-state index contributed by atoms with van der Waals surface area (Å²) in [7, 11) is 0. The second-order valence-corrected chi connectivity index (χ2v) is 6.33. The minimum atomic E-state index is -0.766. The van der Waals surface area contributed by atoms with Crippen LogP contribution in [-0.2, 0) is 14.3 Å². The quantitative estimate of drug-likeness (QED) is 0.840. The molecule has 1 saturated carbocycles. The molecule has 0 unspecified atom stereocenters. The van der Waals surface area contributed by atoms with Crippen molar-refractivity contribution in [2.24, 2.45) is 5.92 Å². The zero-order valence-electron chi connectivity index (χ0n) is 13.6. The molecule has 1 aromatic carbocycles. The normalized spacial score (nSPS) is 16.5. The third kappa shape index (κ3) is 4.33. The number of nitrogens with one attached hydrogen (secondary N) is 1. The maximum atomic E-state index is 12.1. The number of anilines is 1. The highest BCUT2D eigenvalue weighted by atomic mass is 16.5. The summed E-state index contributed by atoms with van der Waals surface area (Å²) in [5.74, 6) is -0.101. The fraction of sp³-hybridized carbons (Fsp3) is 0.556. The summed E-state index contributed by atoms with van der Waals surface area (Å²) in [6.07, 6.45) is 3.14. The van der Waals surface area contributed by atoms with Gasteiger partial charge in [0.2, 0.25) is 0 Å². The van der Waals surface area contributed by atoms with Crippen molar-refractivity contribution in [3.8, 4) is 0 Å². The molecule has 0 bridgehead atoms. The molecule has 4 heteroatoms. The maximum absolute atomic E-state index is 12.1. The minimum absolute atomic E-state index is 0.0272. The van der Waals surface area contributed by atoms with Crippen molar-refractivity contribution in [2.75, 3.05) is 5.32 Å². The van der Waals surface area contributed by atoms with E-state index < -0.39 is 6.10 Å². The molecular formula is C18H25NO3. The highest BCUT2D eigenvalue weighted by Crippen LogP contribution is 2.26. The van der Waals surface area contributed by atoms with E-state index in [0.29, 0.717) is 5.92 Å². The minimum Gasteiger partial charge on any atom is -0.452 e. The maximum Gasteiger partial charge on any atom is 0.309 e. The lowest BCUT2D eigenvalue weighted by Crippen LogP contribution is -2.31. The first-order valence-electron chi connectivity index (χ1n) is 8.08. The zero-order valence-corrected chi connectivity index (χ0v) is 13.6. The monoisotopic (exact) mass is 303 g/mol. The number of hydrogen-bond donors (Lipinski definition) is 1. The summed E-state index contributed by atoms with van der Waals surface area (Å²) >= 11 is 0. The van der Waals surface area contributed by atoms with Crippen molar-refractivity contribution in [1.29, 1.82) is 0 Å². The Hall–Kier alpha value is -1.84. The van der Waals surface area contributed by atoms with E-state index in [1.54, 1.807) is 6.92 Å². The number of ether oxygens (including phenoxy) is 1. The first-order valence-corrected chi connectivity index (χ1v) is 8.08. The van der Waals surface area contributed by atoms with Crippen LogP contribution in [-0.4, -0.2) is 18.0 Å². The lowest BCUT2D eigenvalue weighted by molar-refractivity contribution is -0.157. The van der Waals surface area contributed by atoms with Crippen molar-refractivity contribution in [2.45, 2.75) is 58.5 Å². The van der Waals surface area contributed by atoms with Crippen LogP contribution in [0.5, 0.6) is 0 Å². The highest BCUT2D eigenvalue weighted by molar-refractivity contribution is 5.95. The van der Waals surface area contributed by atoms with E-state index in [4.69, 9.17) is 4.74 Å². The number of benzene rings is 1. The lowest BCUT2D eigenvalue weighted by atomic mass is 10.0. The number of amides is 1. The van der Waals surface area contributed by atoms with Crippen LogP contribution >= 0.6 is 0 Å². The van der Waals surface area contributed by atoms with Gasteiger partial charge in [0.15, 0.2) is 6.10 Å². The van der Waals surface area contributed by atoms with Crippen molar-refractivity contribution in [3.63, 3.8) is 0 Å². The smallest absolute Gasteiger partial charge is 0.309 e. The lowest BCUT2D eigenvalue weighted by Gasteiger charge is -2.16. The molecule has 1 fully saturated rings. The molecule has 22 heavy (non-hydrogen) atoms. The molecule has 0 spiro atoms. The molecule has 0 aromatic heterocycles. The van der Waals surface area contributed by atoms with Crippen LogP contribution in [0.2, 0.25) is 0 Å². The first kappa shape index (κ1) is 16.5. The fourth-order valence-electron chi connectivity index (χ4n) is 2.68. The van der Waals surface area contributed by atoms with Crippen molar-refractivity contribution in [1.82, 2.24) is 0 Å². The molecule has 1 aliphatic rings. The topological polar surface area (TPSA) is 55.4 Å². The molecule has 2 rings (SSSR count). The Morgan fingerprint density at radius 1 is 1.09 bits per heavy atom. The van der Waals surface area contributed by atoms with Crippen LogP contribution in [0.1, 0.15) is 57.9 Å². The molecule has 120 valence electrons. The highest BCUT2D eigenvalue weighted by Gasteiger charge is 2.27. The van der Waals surface area contributed by atoms with E-state index in [9.17, 15) is 9.59 Å². The first-order chi connectivity index (χ1) is 10.5. The molecule has 0 aliphatic heterocycles. The van der Waals surface area contributed by atoms with Crippen LogP contribution in [0.15, 0.2) is 24.3 Å². The molecule has 4 nitrogen and oxygen atoms in total. The van der Waals surface area contributed by atoms with Crippen LogP contribution in [0.25, 0.3) is 0 Å². The number of rotatable bonds is 5. The summed E-state index contributed by atoms with van der Waals surface area (Å²) < 4.78 is 5.28. The largest absolute Gasteiger partial charge is 0.452 e. The Morgan fingerprint density at radius 3 is 2.23 bits per heavy atom. The summed E-state index contributed by atoms with van der Waals surface area (Å²) in [5.41, 5.74) is 1.94. The van der Waals surface area contributed by atoms with E-state index in [1.165, 1.54) is 5.56 Å². The SMILES string of the molecule is CC(C)c1ccc(NC(=O)[C@H](C)OC(=O)C2CCCC2)cc1. The van der Waals surface area contributed by atoms with E-state index in [1.807, 2.05) is 24.3 Å². The van der Waals surface area contributed by atoms with Gasteiger partial charge in [-0.3, -0.25) is 9.59 Å². The number of carbonyl (C=O) groups is 2. The van der Waals surface area contributed by atoms with Gasteiger partial charge in [0.1, 0.15) is 0 Å². The van der Waals surface area contributed by atoms with E-state index in [-0.39, 0.29) is 17.8 Å². The van der Waals surface area contributed by atoms with Crippen LogP contribution in [0.3, 0.4) is 0 Å². The average molecular weight is 303 g/mol. The van der Waals surface area contributed by atoms with Gasteiger partial charge in [0.25, 0.3) is 5.91 Å². The Balaban J connectivity index is 1.86. The molecule has 1 atom stereocenters. The van der Waals surface area contributed by atoms with Gasteiger partial charge in [0.05, 0.1) is 5.92 Å². The van der Waals surface area contributed by atoms with Gasteiger partial charge in [-0.25, -0.2) is 0 Å². The fourth-order valence-corrected chi connectivity index (χ4v) is 2.68. The van der Waals surface area contributed by atoms with E-state index in [2.05, 4.69) is 19.2 Å². The van der Waals surface area contributed by atoms with Gasteiger partial charge < -0.3 is 10.1 Å². The van der Waals surface area contributed by atoms with Crippen LogP contribution in [0.4, 0.5) is 5.69 Å². The van der Waals surface area contributed by atoms with Crippen molar-refractivity contribution >= 4 is 17.6 Å². The predicted octanol–water partition coefficient (Wildman–Crippen LogP) is 3.87. The van der Waals surface area contributed by atoms with Crippen molar-refractivity contribution in [3.05, 3.63) is 29.8 Å². The van der Waals surface area contributed by atoms with Gasteiger partial charge in [-0.2, -0.15) is 0 Å². The molecule has 1 N–H and O–H groups in total. The van der Waals surface area contributed by atoms with Gasteiger partial charge in [0, 0.05) is 5.69 Å².